The Labute approximate surface area is 137 Å². The molecule has 3 nitrogen and oxygen atoms in total. The van der Waals surface area contributed by atoms with Crippen molar-refractivity contribution in [2.45, 2.75) is 45.2 Å². The SMILES string of the molecule is C[C@H]1CC[C@H](c2ccc3sc(C[C@H](C)N(C)C)nc3c2)NC1. The molecule has 0 spiro atoms. The van der Waals surface area contributed by atoms with Crippen LogP contribution in [0.1, 0.15) is 43.3 Å². The molecule has 2 heterocycles. The molecule has 1 fully saturated rings. The molecule has 22 heavy (non-hydrogen) atoms. The van der Waals surface area contributed by atoms with Crippen molar-refractivity contribution in [1.82, 2.24) is 15.2 Å². The van der Waals surface area contributed by atoms with E-state index in [2.05, 4.69) is 56.4 Å². The number of thiazole rings is 1. The van der Waals surface area contributed by atoms with Crippen LogP contribution in [-0.2, 0) is 6.42 Å². The van der Waals surface area contributed by atoms with Crippen LogP contribution in [0.15, 0.2) is 18.2 Å². The Kier molecular flexibility index (Phi) is 4.81. The zero-order chi connectivity index (χ0) is 15.7. The van der Waals surface area contributed by atoms with Gasteiger partial charge in [-0.2, -0.15) is 0 Å². The van der Waals surface area contributed by atoms with E-state index >= 15 is 0 Å². The van der Waals surface area contributed by atoms with Gasteiger partial charge in [0.1, 0.15) is 0 Å². The summed E-state index contributed by atoms with van der Waals surface area (Å²) in [7, 11) is 4.26. The van der Waals surface area contributed by atoms with Crippen molar-refractivity contribution in [3.8, 4) is 0 Å². The second-order valence-corrected chi connectivity index (χ2v) is 8.11. The quantitative estimate of drug-likeness (QED) is 0.928. The van der Waals surface area contributed by atoms with Gasteiger partial charge in [0.15, 0.2) is 0 Å². The summed E-state index contributed by atoms with van der Waals surface area (Å²) in [5.74, 6) is 0.804. The van der Waals surface area contributed by atoms with Gasteiger partial charge in [-0.25, -0.2) is 4.98 Å². The van der Waals surface area contributed by atoms with Crippen molar-refractivity contribution in [1.29, 1.82) is 0 Å². The number of likely N-dealkylation sites (N-methyl/N-ethyl adjacent to an activating group) is 1. The third-order valence-corrected chi connectivity index (χ3v) is 5.93. The standard InChI is InChI=1S/C18H27N3S/c1-12-5-7-15(19-11-12)14-6-8-17-16(10-14)20-18(22-17)9-13(2)21(3)4/h6,8,10,12-13,15,19H,5,7,9,11H2,1-4H3/t12-,13-,15+/m0/s1. The average molecular weight is 318 g/mol. The summed E-state index contributed by atoms with van der Waals surface area (Å²) >= 11 is 1.84. The molecular formula is C18H27N3S. The van der Waals surface area contributed by atoms with Crippen LogP contribution in [0.2, 0.25) is 0 Å². The highest BCUT2D eigenvalue weighted by molar-refractivity contribution is 7.18. The van der Waals surface area contributed by atoms with Gasteiger partial charge in [-0.3, -0.25) is 0 Å². The third kappa shape index (κ3) is 3.50. The summed E-state index contributed by atoms with van der Waals surface area (Å²) in [6, 6.07) is 7.87. The lowest BCUT2D eigenvalue weighted by Crippen LogP contribution is -2.31. The smallest absolute Gasteiger partial charge is 0.0954 e. The van der Waals surface area contributed by atoms with Crippen molar-refractivity contribution in [3.63, 3.8) is 0 Å². The second-order valence-electron chi connectivity index (χ2n) is 6.99. The number of hydrogen-bond donors (Lipinski definition) is 1. The van der Waals surface area contributed by atoms with Gasteiger partial charge in [-0.05, 0) is 64.0 Å². The molecule has 4 heteroatoms. The molecule has 120 valence electrons. The number of benzene rings is 1. The molecule has 2 aromatic rings. The monoisotopic (exact) mass is 317 g/mol. The van der Waals surface area contributed by atoms with Gasteiger partial charge in [0.2, 0.25) is 0 Å². The molecule has 1 aliphatic heterocycles. The predicted octanol–water partition coefficient (Wildman–Crippen LogP) is 3.85. The fourth-order valence-corrected chi connectivity index (χ4v) is 4.08. The van der Waals surface area contributed by atoms with E-state index in [-0.39, 0.29) is 0 Å². The highest BCUT2D eigenvalue weighted by Crippen LogP contribution is 2.30. The molecule has 1 aliphatic rings. The van der Waals surface area contributed by atoms with Gasteiger partial charge < -0.3 is 10.2 Å². The van der Waals surface area contributed by atoms with E-state index in [0.29, 0.717) is 12.1 Å². The Hall–Kier alpha value is -0.970. The maximum Gasteiger partial charge on any atom is 0.0954 e. The van der Waals surface area contributed by atoms with Crippen molar-refractivity contribution in [2.24, 2.45) is 5.92 Å². The molecule has 0 unspecified atom stereocenters. The Morgan fingerprint density at radius 3 is 2.86 bits per heavy atom. The molecule has 3 atom stereocenters. The van der Waals surface area contributed by atoms with E-state index < -0.39 is 0 Å². The molecule has 1 saturated heterocycles. The summed E-state index contributed by atoms with van der Waals surface area (Å²) in [6.45, 7) is 5.71. The lowest BCUT2D eigenvalue weighted by atomic mass is 9.92. The number of piperidine rings is 1. The van der Waals surface area contributed by atoms with Gasteiger partial charge in [0.25, 0.3) is 0 Å². The van der Waals surface area contributed by atoms with Gasteiger partial charge >= 0.3 is 0 Å². The molecule has 0 radical (unpaired) electrons. The number of aromatic nitrogens is 1. The Bertz CT molecular complexity index is 626. The number of hydrogen-bond acceptors (Lipinski definition) is 4. The van der Waals surface area contributed by atoms with Crippen molar-refractivity contribution >= 4 is 21.6 Å². The van der Waals surface area contributed by atoms with E-state index in [4.69, 9.17) is 4.98 Å². The van der Waals surface area contributed by atoms with Crippen LogP contribution in [0.3, 0.4) is 0 Å². The summed E-state index contributed by atoms with van der Waals surface area (Å²) in [5.41, 5.74) is 2.57. The van der Waals surface area contributed by atoms with Gasteiger partial charge in [-0.1, -0.05) is 13.0 Å². The lowest BCUT2D eigenvalue weighted by molar-refractivity contribution is 0.312. The largest absolute Gasteiger partial charge is 0.310 e. The minimum atomic E-state index is 0.506. The molecule has 1 N–H and O–H groups in total. The summed E-state index contributed by atoms with van der Waals surface area (Å²) in [5, 5.41) is 4.92. The van der Waals surface area contributed by atoms with Crippen LogP contribution in [0.5, 0.6) is 0 Å². The minimum Gasteiger partial charge on any atom is -0.310 e. The number of nitrogens with one attached hydrogen (secondary N) is 1. The van der Waals surface area contributed by atoms with E-state index in [1.807, 2.05) is 11.3 Å². The van der Waals surface area contributed by atoms with Crippen LogP contribution in [0, 0.1) is 5.92 Å². The van der Waals surface area contributed by atoms with Gasteiger partial charge in [-0.15, -0.1) is 11.3 Å². The second kappa shape index (κ2) is 6.65. The summed E-state index contributed by atoms with van der Waals surface area (Å²) in [6.07, 6.45) is 3.58. The Balaban J connectivity index is 1.78. The van der Waals surface area contributed by atoms with Crippen molar-refractivity contribution in [2.75, 3.05) is 20.6 Å². The Morgan fingerprint density at radius 1 is 1.36 bits per heavy atom. The first-order chi connectivity index (χ1) is 10.5. The van der Waals surface area contributed by atoms with Crippen LogP contribution in [-0.4, -0.2) is 36.6 Å². The molecule has 3 rings (SSSR count). The van der Waals surface area contributed by atoms with Crippen molar-refractivity contribution in [3.05, 3.63) is 28.8 Å². The zero-order valence-electron chi connectivity index (χ0n) is 14.1. The highest BCUT2D eigenvalue weighted by Gasteiger charge is 2.19. The first-order valence-electron chi connectivity index (χ1n) is 8.32. The van der Waals surface area contributed by atoms with E-state index in [1.54, 1.807) is 0 Å². The first kappa shape index (κ1) is 15.9. The fourth-order valence-electron chi connectivity index (χ4n) is 3.01. The van der Waals surface area contributed by atoms with Crippen LogP contribution >= 0.6 is 11.3 Å². The predicted molar refractivity (Wildman–Crippen MR) is 95.6 cm³/mol. The number of nitrogens with zero attached hydrogens (tertiary/aromatic N) is 2. The molecule has 1 aromatic carbocycles. The maximum absolute atomic E-state index is 4.87. The third-order valence-electron chi connectivity index (χ3n) is 4.87. The molecule has 0 amide bonds. The van der Waals surface area contributed by atoms with Crippen LogP contribution < -0.4 is 5.32 Å². The van der Waals surface area contributed by atoms with E-state index in [9.17, 15) is 0 Å². The highest BCUT2D eigenvalue weighted by atomic mass is 32.1. The Morgan fingerprint density at radius 2 is 2.18 bits per heavy atom. The topological polar surface area (TPSA) is 28.2 Å². The van der Waals surface area contributed by atoms with Crippen molar-refractivity contribution < 1.29 is 0 Å². The van der Waals surface area contributed by atoms with Crippen LogP contribution in [0.25, 0.3) is 10.2 Å². The minimum absolute atomic E-state index is 0.506. The zero-order valence-corrected chi connectivity index (χ0v) is 14.9. The fraction of sp³-hybridized carbons (Fsp3) is 0.611. The number of fused-ring (bicyclic) bond motifs is 1. The molecule has 0 bridgehead atoms. The van der Waals surface area contributed by atoms with E-state index in [1.165, 1.54) is 33.6 Å². The first-order valence-corrected chi connectivity index (χ1v) is 9.13. The van der Waals surface area contributed by atoms with Crippen LogP contribution in [0.4, 0.5) is 0 Å². The summed E-state index contributed by atoms with van der Waals surface area (Å²) < 4.78 is 1.31. The lowest BCUT2D eigenvalue weighted by Gasteiger charge is -2.28. The average Bonchev–Trinajstić information content (AvgIpc) is 2.89. The van der Waals surface area contributed by atoms with E-state index in [0.717, 1.165) is 18.9 Å². The number of rotatable bonds is 4. The molecular weight excluding hydrogens is 290 g/mol. The molecule has 0 aliphatic carbocycles. The van der Waals surface area contributed by atoms with Gasteiger partial charge in [0, 0.05) is 18.5 Å². The molecule has 0 saturated carbocycles. The van der Waals surface area contributed by atoms with Gasteiger partial charge in [0.05, 0.1) is 15.2 Å². The molecule has 1 aromatic heterocycles. The maximum atomic E-state index is 4.87. The summed E-state index contributed by atoms with van der Waals surface area (Å²) in [4.78, 5) is 7.12. The normalized spacial score (nSPS) is 24.0.